The first-order valence-electron chi connectivity index (χ1n) is 8.99. The number of carboxylic acids is 1. The van der Waals surface area contributed by atoms with E-state index in [9.17, 15) is 13.2 Å². The molecular formula is C18H24N2O4S. The fourth-order valence-corrected chi connectivity index (χ4v) is 6.51. The highest BCUT2D eigenvalue weighted by Crippen LogP contribution is 2.53. The monoisotopic (exact) mass is 364 g/mol. The molecule has 3 N–H and O–H groups in total. The largest absolute Gasteiger partial charge is 0.478 e. The van der Waals surface area contributed by atoms with Crippen LogP contribution in [0.15, 0.2) is 24.3 Å². The Kier molecular flexibility index (Phi) is 4.33. The van der Waals surface area contributed by atoms with Crippen molar-refractivity contribution in [3.8, 4) is 0 Å². The van der Waals surface area contributed by atoms with Gasteiger partial charge in [0.2, 0.25) is 0 Å². The van der Waals surface area contributed by atoms with Gasteiger partial charge in [0.15, 0.2) is 0 Å². The van der Waals surface area contributed by atoms with E-state index in [1.54, 1.807) is 12.1 Å². The number of hydrogen-bond acceptors (Lipinski definition) is 3. The Morgan fingerprint density at radius 1 is 1.08 bits per heavy atom. The lowest BCUT2D eigenvalue weighted by molar-refractivity contribution is -0.00569. The lowest BCUT2D eigenvalue weighted by Crippen LogP contribution is -2.57. The molecule has 5 rings (SSSR count). The highest BCUT2D eigenvalue weighted by molar-refractivity contribution is 7.87. The first kappa shape index (κ1) is 17.0. The van der Waals surface area contributed by atoms with Crippen LogP contribution >= 0.6 is 0 Å². The highest BCUT2D eigenvalue weighted by atomic mass is 32.2. The molecule has 6 nitrogen and oxygen atoms in total. The average molecular weight is 364 g/mol. The molecule has 136 valence electrons. The van der Waals surface area contributed by atoms with Crippen molar-refractivity contribution in [3.05, 3.63) is 35.4 Å². The Morgan fingerprint density at radius 2 is 1.72 bits per heavy atom. The molecule has 0 atom stereocenters. The number of rotatable bonds is 6. The van der Waals surface area contributed by atoms with Crippen LogP contribution in [0.4, 0.5) is 0 Å². The zero-order chi connectivity index (χ0) is 17.6. The minimum absolute atomic E-state index is 0.0515. The summed E-state index contributed by atoms with van der Waals surface area (Å²) < 4.78 is 30.4. The Labute approximate surface area is 148 Å². The lowest BCUT2D eigenvalue weighted by atomic mass is 9.54. The Bertz CT molecular complexity index is 749. The van der Waals surface area contributed by atoms with Crippen LogP contribution in [0.25, 0.3) is 0 Å². The first-order chi connectivity index (χ1) is 11.9. The summed E-state index contributed by atoms with van der Waals surface area (Å²) in [5.74, 6) is 1.53. The van der Waals surface area contributed by atoms with E-state index in [1.165, 1.54) is 18.6 Å². The van der Waals surface area contributed by atoms with Crippen LogP contribution in [0.1, 0.15) is 48.0 Å². The van der Waals surface area contributed by atoms with Crippen LogP contribution in [-0.2, 0) is 16.8 Å². The van der Waals surface area contributed by atoms with Crippen molar-refractivity contribution < 1.29 is 18.3 Å². The van der Waals surface area contributed by atoms with E-state index in [2.05, 4.69) is 9.44 Å². The van der Waals surface area contributed by atoms with Crippen LogP contribution < -0.4 is 9.44 Å². The minimum atomic E-state index is -3.60. The molecule has 4 bridgehead atoms. The second-order valence-corrected chi connectivity index (χ2v) is 9.44. The molecule has 0 saturated heterocycles. The second kappa shape index (κ2) is 6.37. The molecule has 0 aromatic heterocycles. The fraction of sp³-hybridized carbons (Fsp3) is 0.611. The van der Waals surface area contributed by atoms with Gasteiger partial charge in [-0.15, -0.1) is 0 Å². The molecule has 0 spiro atoms. The van der Waals surface area contributed by atoms with Gasteiger partial charge in [-0.1, -0.05) is 12.1 Å². The van der Waals surface area contributed by atoms with Crippen molar-refractivity contribution in [2.75, 3.05) is 0 Å². The Balaban J connectivity index is 1.39. The van der Waals surface area contributed by atoms with Crippen molar-refractivity contribution in [2.24, 2.45) is 23.7 Å². The topological polar surface area (TPSA) is 95.5 Å². The summed E-state index contributed by atoms with van der Waals surface area (Å²) in [4.78, 5) is 11.0. The predicted molar refractivity (Wildman–Crippen MR) is 93.1 cm³/mol. The fourth-order valence-electron chi connectivity index (χ4n) is 5.33. The number of carboxylic acid groups (broad SMARTS) is 1. The summed E-state index contributed by atoms with van der Waals surface area (Å²) >= 11 is 0. The minimum Gasteiger partial charge on any atom is -0.478 e. The van der Waals surface area contributed by atoms with Gasteiger partial charge in [0.25, 0.3) is 10.2 Å². The van der Waals surface area contributed by atoms with Gasteiger partial charge >= 0.3 is 5.97 Å². The molecule has 1 aromatic rings. The molecule has 7 heteroatoms. The molecular weight excluding hydrogens is 340 g/mol. The van der Waals surface area contributed by atoms with Gasteiger partial charge in [-0.2, -0.15) is 17.9 Å². The molecule has 25 heavy (non-hydrogen) atoms. The normalized spacial score (nSPS) is 33.5. The zero-order valence-corrected chi connectivity index (χ0v) is 14.8. The van der Waals surface area contributed by atoms with E-state index in [4.69, 9.17) is 5.11 Å². The maximum Gasteiger partial charge on any atom is 0.335 e. The average Bonchev–Trinajstić information content (AvgIpc) is 2.56. The maximum absolute atomic E-state index is 12.5. The van der Waals surface area contributed by atoms with Gasteiger partial charge in [-0.3, -0.25) is 0 Å². The maximum atomic E-state index is 12.5. The van der Waals surface area contributed by atoms with E-state index in [0.717, 1.165) is 37.5 Å². The van der Waals surface area contributed by atoms with Gasteiger partial charge in [0, 0.05) is 12.6 Å². The van der Waals surface area contributed by atoms with E-state index < -0.39 is 16.2 Å². The third-order valence-corrected chi connectivity index (χ3v) is 7.27. The quantitative estimate of drug-likeness (QED) is 0.721. The Morgan fingerprint density at radius 3 is 2.32 bits per heavy atom. The van der Waals surface area contributed by atoms with Crippen molar-refractivity contribution >= 4 is 16.2 Å². The number of carbonyl (C=O) groups is 1. The number of hydrogen-bond donors (Lipinski definition) is 3. The first-order valence-corrected chi connectivity index (χ1v) is 10.5. The van der Waals surface area contributed by atoms with E-state index in [1.807, 2.05) is 0 Å². The van der Waals surface area contributed by atoms with Gasteiger partial charge in [-0.05, 0) is 73.5 Å². The zero-order valence-electron chi connectivity index (χ0n) is 14.0. The summed E-state index contributed by atoms with van der Waals surface area (Å²) in [5.41, 5.74) is 0.793. The molecule has 0 heterocycles. The van der Waals surface area contributed by atoms with Crippen LogP contribution in [0.5, 0.6) is 0 Å². The van der Waals surface area contributed by atoms with Crippen LogP contribution in [-0.4, -0.2) is 25.5 Å². The predicted octanol–water partition coefficient (Wildman–Crippen LogP) is 2.13. The number of aromatic carboxylic acids is 1. The van der Waals surface area contributed by atoms with E-state index in [0.29, 0.717) is 17.4 Å². The van der Waals surface area contributed by atoms with Crippen LogP contribution in [0.3, 0.4) is 0 Å². The van der Waals surface area contributed by atoms with Gasteiger partial charge in [0.1, 0.15) is 0 Å². The SMILES string of the molecule is O=C(O)c1cccc(CNS(=O)(=O)NC2C3CC4CC(C3)CC2C4)c1. The third-order valence-electron chi connectivity index (χ3n) is 6.16. The molecule has 0 radical (unpaired) electrons. The highest BCUT2D eigenvalue weighted by Gasteiger charge is 2.49. The molecule has 4 aliphatic rings. The smallest absolute Gasteiger partial charge is 0.335 e. The molecule has 4 saturated carbocycles. The molecule has 0 amide bonds. The Hall–Kier alpha value is -1.44. The molecule has 1 aromatic carbocycles. The summed E-state index contributed by atoms with van der Waals surface area (Å²) in [6.45, 7) is 0.0871. The van der Waals surface area contributed by atoms with Crippen molar-refractivity contribution in [3.63, 3.8) is 0 Å². The third kappa shape index (κ3) is 3.59. The van der Waals surface area contributed by atoms with Gasteiger partial charge < -0.3 is 5.11 Å². The summed E-state index contributed by atoms with van der Waals surface area (Å²) in [5, 5.41) is 9.02. The molecule has 4 aliphatic carbocycles. The van der Waals surface area contributed by atoms with Crippen molar-refractivity contribution in [1.82, 2.24) is 9.44 Å². The van der Waals surface area contributed by atoms with Crippen LogP contribution in [0, 0.1) is 23.7 Å². The van der Waals surface area contributed by atoms with E-state index in [-0.39, 0.29) is 18.2 Å². The van der Waals surface area contributed by atoms with Crippen LogP contribution in [0.2, 0.25) is 0 Å². The standard InChI is InChI=1S/C18H24N2O4S/c21-18(22)14-3-1-2-11(5-14)10-19-25(23,24)20-17-15-6-12-4-13(8-15)9-16(17)7-12/h1-3,5,12-13,15-17,19-20H,4,6-10H2,(H,21,22). The second-order valence-electron chi connectivity index (χ2n) is 7.90. The number of benzene rings is 1. The number of nitrogens with one attached hydrogen (secondary N) is 2. The lowest BCUT2D eigenvalue weighted by Gasteiger charge is -2.54. The molecule has 0 unspecified atom stereocenters. The van der Waals surface area contributed by atoms with Crippen molar-refractivity contribution in [2.45, 2.75) is 44.7 Å². The summed E-state index contributed by atoms with van der Waals surface area (Å²) in [6, 6.07) is 6.38. The van der Waals surface area contributed by atoms with E-state index >= 15 is 0 Å². The molecule has 4 fully saturated rings. The molecule has 0 aliphatic heterocycles. The van der Waals surface area contributed by atoms with Gasteiger partial charge in [-0.25, -0.2) is 4.79 Å². The van der Waals surface area contributed by atoms with Gasteiger partial charge in [0.05, 0.1) is 5.56 Å². The van der Waals surface area contributed by atoms with Crippen molar-refractivity contribution in [1.29, 1.82) is 0 Å². The summed E-state index contributed by atoms with van der Waals surface area (Å²) in [6.07, 6.45) is 5.95. The summed E-state index contributed by atoms with van der Waals surface area (Å²) in [7, 11) is -3.60.